The zero-order valence-corrected chi connectivity index (χ0v) is 20.5. The van der Waals surface area contributed by atoms with E-state index < -0.39 is 0 Å². The molecule has 3 N–H and O–H groups in total. The molecule has 0 aliphatic carbocycles. The van der Waals surface area contributed by atoms with Crippen molar-refractivity contribution in [3.63, 3.8) is 0 Å². The van der Waals surface area contributed by atoms with Crippen LogP contribution in [0.2, 0.25) is 0 Å². The fourth-order valence-corrected chi connectivity index (χ4v) is 4.39. The molecule has 7 heteroatoms. The Labute approximate surface area is 211 Å². The van der Waals surface area contributed by atoms with Crippen LogP contribution in [0.5, 0.6) is 0 Å². The number of likely N-dealkylation sites (tertiary alicyclic amines) is 1. The maximum Gasteiger partial charge on any atom is 0.257 e. The summed E-state index contributed by atoms with van der Waals surface area (Å²) < 4.78 is 0. The van der Waals surface area contributed by atoms with E-state index in [1.54, 1.807) is 24.3 Å². The second-order valence-corrected chi connectivity index (χ2v) is 9.17. The van der Waals surface area contributed by atoms with Gasteiger partial charge in [0.2, 0.25) is 11.8 Å². The lowest BCUT2D eigenvalue weighted by Crippen LogP contribution is -2.43. The number of hydrogen-bond donors (Lipinski definition) is 3. The highest BCUT2D eigenvalue weighted by Gasteiger charge is 2.26. The third-order valence-electron chi connectivity index (χ3n) is 6.36. The van der Waals surface area contributed by atoms with Gasteiger partial charge in [0, 0.05) is 18.2 Å². The van der Waals surface area contributed by atoms with Gasteiger partial charge < -0.3 is 16.0 Å². The minimum Gasteiger partial charge on any atom is -0.352 e. The van der Waals surface area contributed by atoms with E-state index in [-0.39, 0.29) is 30.2 Å². The highest BCUT2D eigenvalue weighted by atomic mass is 16.2. The third kappa shape index (κ3) is 7.02. The quantitative estimate of drug-likeness (QED) is 0.447. The average molecular weight is 485 g/mol. The number of carbonyl (C=O) groups is 3. The highest BCUT2D eigenvalue weighted by Crippen LogP contribution is 2.20. The van der Waals surface area contributed by atoms with Gasteiger partial charge in [0.05, 0.1) is 17.8 Å². The van der Waals surface area contributed by atoms with Crippen LogP contribution in [-0.2, 0) is 16.1 Å². The molecule has 7 nitrogen and oxygen atoms in total. The zero-order valence-electron chi connectivity index (χ0n) is 20.5. The minimum absolute atomic E-state index is 0.0425. The van der Waals surface area contributed by atoms with E-state index in [1.165, 1.54) is 0 Å². The summed E-state index contributed by atoms with van der Waals surface area (Å²) in [6.07, 6.45) is 1.42. The van der Waals surface area contributed by atoms with E-state index in [0.29, 0.717) is 49.4 Å². The molecule has 1 heterocycles. The molecule has 0 unspecified atom stereocenters. The molecule has 3 aromatic rings. The van der Waals surface area contributed by atoms with Crippen molar-refractivity contribution in [1.82, 2.24) is 10.2 Å². The Balaban J connectivity index is 1.25. The summed E-state index contributed by atoms with van der Waals surface area (Å²) in [6, 6.07) is 24.4. The molecule has 3 amide bonds. The Morgan fingerprint density at radius 3 is 2.33 bits per heavy atom. The molecule has 3 aromatic carbocycles. The van der Waals surface area contributed by atoms with E-state index in [0.717, 1.165) is 11.1 Å². The number of carbonyl (C=O) groups excluding carboxylic acids is 3. The van der Waals surface area contributed by atoms with Crippen LogP contribution in [0, 0.1) is 12.8 Å². The van der Waals surface area contributed by atoms with Crippen LogP contribution >= 0.6 is 0 Å². The molecule has 186 valence electrons. The molecule has 4 rings (SSSR count). The van der Waals surface area contributed by atoms with Crippen molar-refractivity contribution in [3.8, 4) is 0 Å². The number of piperidine rings is 1. The van der Waals surface area contributed by atoms with Gasteiger partial charge in [-0.2, -0.15) is 0 Å². The number of hydrogen-bond acceptors (Lipinski definition) is 4. The maximum atomic E-state index is 12.9. The maximum absolute atomic E-state index is 12.9. The number of nitrogens with one attached hydrogen (secondary N) is 3. The van der Waals surface area contributed by atoms with Gasteiger partial charge in [0.15, 0.2) is 0 Å². The van der Waals surface area contributed by atoms with E-state index >= 15 is 0 Å². The summed E-state index contributed by atoms with van der Waals surface area (Å²) >= 11 is 0. The topological polar surface area (TPSA) is 90.5 Å². The van der Waals surface area contributed by atoms with Crippen LogP contribution < -0.4 is 16.0 Å². The lowest BCUT2D eigenvalue weighted by molar-refractivity contribution is -0.126. The molecule has 0 saturated carbocycles. The first kappa shape index (κ1) is 25.1. The van der Waals surface area contributed by atoms with Crippen LogP contribution in [-0.4, -0.2) is 42.3 Å². The Morgan fingerprint density at radius 1 is 0.861 bits per heavy atom. The smallest absolute Gasteiger partial charge is 0.257 e. The monoisotopic (exact) mass is 484 g/mol. The average Bonchev–Trinajstić information content (AvgIpc) is 2.88. The Bertz CT molecular complexity index is 1200. The fraction of sp³-hybridized carbons (Fsp3) is 0.276. The van der Waals surface area contributed by atoms with Gasteiger partial charge in [0.1, 0.15) is 0 Å². The van der Waals surface area contributed by atoms with Crippen LogP contribution in [0.4, 0.5) is 11.4 Å². The molecule has 0 spiro atoms. The van der Waals surface area contributed by atoms with E-state index in [1.807, 2.05) is 66.4 Å². The van der Waals surface area contributed by atoms with Gasteiger partial charge in [-0.1, -0.05) is 54.6 Å². The zero-order chi connectivity index (χ0) is 25.3. The number of amides is 3. The second kappa shape index (κ2) is 12.1. The number of benzene rings is 3. The van der Waals surface area contributed by atoms with Crippen molar-refractivity contribution in [2.75, 3.05) is 30.3 Å². The summed E-state index contributed by atoms with van der Waals surface area (Å²) in [4.78, 5) is 40.2. The van der Waals surface area contributed by atoms with Crippen molar-refractivity contribution in [1.29, 1.82) is 0 Å². The lowest BCUT2D eigenvalue weighted by Gasteiger charge is -2.30. The SMILES string of the molecule is Cc1cccc(NC(=O)c2ccccc2NC(=O)CN2CCC(C(=O)NCc3ccccc3)CC2)c1. The molecule has 1 aliphatic rings. The molecule has 0 bridgehead atoms. The van der Waals surface area contributed by atoms with Crippen LogP contribution in [0.25, 0.3) is 0 Å². The van der Waals surface area contributed by atoms with Gasteiger partial charge in [-0.15, -0.1) is 0 Å². The number of rotatable bonds is 8. The lowest BCUT2D eigenvalue weighted by atomic mass is 9.96. The van der Waals surface area contributed by atoms with E-state index in [4.69, 9.17) is 0 Å². The molecular formula is C29H32N4O3. The van der Waals surface area contributed by atoms with Crippen molar-refractivity contribution in [2.45, 2.75) is 26.3 Å². The van der Waals surface area contributed by atoms with Crippen LogP contribution in [0.15, 0.2) is 78.9 Å². The summed E-state index contributed by atoms with van der Waals surface area (Å²) in [5.41, 5.74) is 3.71. The van der Waals surface area contributed by atoms with Crippen molar-refractivity contribution < 1.29 is 14.4 Å². The minimum atomic E-state index is -0.279. The summed E-state index contributed by atoms with van der Waals surface area (Å²) in [5.74, 6) is -0.438. The second-order valence-electron chi connectivity index (χ2n) is 9.17. The van der Waals surface area contributed by atoms with Gasteiger partial charge in [-0.05, 0) is 68.2 Å². The van der Waals surface area contributed by atoms with Gasteiger partial charge in [0.25, 0.3) is 5.91 Å². The van der Waals surface area contributed by atoms with Gasteiger partial charge >= 0.3 is 0 Å². The summed E-state index contributed by atoms with van der Waals surface area (Å²) in [7, 11) is 0. The molecule has 0 aromatic heterocycles. The molecule has 1 aliphatic heterocycles. The molecule has 0 radical (unpaired) electrons. The van der Waals surface area contributed by atoms with Gasteiger partial charge in [-0.25, -0.2) is 0 Å². The largest absolute Gasteiger partial charge is 0.352 e. The highest BCUT2D eigenvalue weighted by molar-refractivity contribution is 6.10. The molecule has 36 heavy (non-hydrogen) atoms. The van der Waals surface area contributed by atoms with Crippen LogP contribution in [0.3, 0.4) is 0 Å². The first-order valence-electron chi connectivity index (χ1n) is 12.3. The molecule has 1 saturated heterocycles. The summed E-state index contributed by atoms with van der Waals surface area (Å²) in [5, 5.41) is 8.80. The Kier molecular flexibility index (Phi) is 8.47. The fourth-order valence-electron chi connectivity index (χ4n) is 4.39. The number of anilines is 2. The summed E-state index contributed by atoms with van der Waals surface area (Å²) in [6.45, 7) is 4.05. The number of aryl methyl sites for hydroxylation is 1. The van der Waals surface area contributed by atoms with E-state index in [2.05, 4.69) is 16.0 Å². The number of nitrogens with zero attached hydrogens (tertiary/aromatic N) is 1. The number of para-hydroxylation sites is 1. The van der Waals surface area contributed by atoms with Crippen molar-refractivity contribution in [2.24, 2.45) is 5.92 Å². The Hall–Kier alpha value is -3.97. The predicted octanol–water partition coefficient (Wildman–Crippen LogP) is 4.21. The van der Waals surface area contributed by atoms with Crippen molar-refractivity contribution in [3.05, 3.63) is 95.6 Å². The first-order chi connectivity index (χ1) is 17.5. The normalized spacial score (nSPS) is 14.1. The van der Waals surface area contributed by atoms with Crippen molar-refractivity contribution >= 4 is 29.1 Å². The molecular weight excluding hydrogens is 452 g/mol. The third-order valence-corrected chi connectivity index (χ3v) is 6.36. The van der Waals surface area contributed by atoms with Crippen LogP contribution in [0.1, 0.15) is 34.3 Å². The standard InChI is InChI=1S/C29H32N4O3/c1-21-8-7-11-24(18-21)31-29(36)25-12-5-6-13-26(25)32-27(34)20-33-16-14-23(15-17-33)28(35)30-19-22-9-3-2-4-10-22/h2-13,18,23H,14-17,19-20H2,1H3,(H,30,35)(H,31,36)(H,32,34). The van der Waals surface area contributed by atoms with E-state index in [9.17, 15) is 14.4 Å². The first-order valence-corrected chi connectivity index (χ1v) is 12.3. The van der Waals surface area contributed by atoms with Gasteiger partial charge in [-0.3, -0.25) is 19.3 Å². The predicted molar refractivity (Wildman–Crippen MR) is 142 cm³/mol. The molecule has 0 atom stereocenters. The molecule has 1 fully saturated rings. The Morgan fingerprint density at radius 2 is 1.58 bits per heavy atom.